The van der Waals surface area contributed by atoms with Crippen LogP contribution >= 0.6 is 0 Å². The van der Waals surface area contributed by atoms with Crippen LogP contribution in [-0.4, -0.2) is 32.2 Å². The highest BCUT2D eigenvalue weighted by Gasteiger charge is 2.47. The normalized spacial score (nSPS) is 22.0. The van der Waals surface area contributed by atoms with E-state index in [4.69, 9.17) is 4.74 Å². The Bertz CT molecular complexity index is 632. The number of hydrogen-bond acceptors (Lipinski definition) is 4. The molecule has 23 heavy (non-hydrogen) atoms. The minimum absolute atomic E-state index is 0.0106. The van der Waals surface area contributed by atoms with Crippen LogP contribution in [-0.2, 0) is 25.5 Å². The van der Waals surface area contributed by atoms with Crippen LogP contribution in [0.1, 0.15) is 30.0 Å². The Kier molecular flexibility index (Phi) is 4.48. The first-order chi connectivity index (χ1) is 11.1. The first-order valence-electron chi connectivity index (χ1n) is 7.87. The average Bonchev–Trinajstić information content (AvgIpc) is 2.86. The molecule has 1 atom stereocenters. The van der Waals surface area contributed by atoms with Gasteiger partial charge in [0.1, 0.15) is 0 Å². The van der Waals surface area contributed by atoms with Gasteiger partial charge in [0.05, 0.1) is 13.2 Å². The highest BCUT2D eigenvalue weighted by Crippen LogP contribution is 2.51. The number of methoxy groups -OCH3 is 1. The summed E-state index contributed by atoms with van der Waals surface area (Å²) in [5.74, 6) is -0.810. The lowest BCUT2D eigenvalue weighted by molar-refractivity contribution is -0.135. The maximum atomic E-state index is 12.2. The van der Waals surface area contributed by atoms with Crippen LogP contribution in [0, 0.1) is 5.41 Å². The van der Waals surface area contributed by atoms with E-state index in [1.807, 2.05) is 12.1 Å². The highest BCUT2D eigenvalue weighted by molar-refractivity contribution is 5.94. The third-order valence-electron chi connectivity index (χ3n) is 4.87. The van der Waals surface area contributed by atoms with E-state index in [1.165, 1.54) is 24.3 Å². The minimum Gasteiger partial charge on any atom is -0.466 e. The summed E-state index contributed by atoms with van der Waals surface area (Å²) >= 11 is 0. The molecule has 1 heterocycles. The van der Waals surface area contributed by atoms with E-state index in [1.54, 1.807) is 0 Å². The predicted molar refractivity (Wildman–Crippen MR) is 84.7 cm³/mol. The fourth-order valence-electron chi connectivity index (χ4n) is 3.66. The van der Waals surface area contributed by atoms with Crippen LogP contribution in [0.5, 0.6) is 0 Å². The average molecular weight is 315 g/mol. The van der Waals surface area contributed by atoms with E-state index in [-0.39, 0.29) is 17.4 Å². The standard InChI is InChI=1S/C18H21NO4/c1-22-16(21)7-6-15(20)19-17-14-5-3-2-4-13(14)12-18(17)8-10-23-11-9-18/h2-7,17H,8-12H2,1H3,(H,19,20)/b7-6+. The molecular weight excluding hydrogens is 294 g/mol. The number of fused-ring (bicyclic) bond motifs is 1. The van der Waals surface area contributed by atoms with E-state index < -0.39 is 5.97 Å². The molecule has 1 fully saturated rings. The maximum Gasteiger partial charge on any atom is 0.330 e. The number of nitrogens with one attached hydrogen (secondary N) is 1. The fraction of sp³-hybridized carbons (Fsp3) is 0.444. The molecule has 1 saturated heterocycles. The SMILES string of the molecule is COC(=O)/C=C/C(=O)NC1c2ccccc2CC12CCOCC2. The molecule has 1 spiro atoms. The van der Waals surface area contributed by atoms with Crippen molar-refractivity contribution in [2.45, 2.75) is 25.3 Å². The second-order valence-corrected chi connectivity index (χ2v) is 6.15. The molecule has 1 unspecified atom stereocenters. The van der Waals surface area contributed by atoms with Crippen LogP contribution in [0.4, 0.5) is 0 Å². The van der Waals surface area contributed by atoms with Gasteiger partial charge < -0.3 is 14.8 Å². The van der Waals surface area contributed by atoms with Crippen molar-refractivity contribution in [2.75, 3.05) is 20.3 Å². The number of carbonyl (C=O) groups excluding carboxylic acids is 2. The predicted octanol–water partition coefficient (Wildman–Crippen LogP) is 1.93. The van der Waals surface area contributed by atoms with Crippen LogP contribution in [0.3, 0.4) is 0 Å². The number of benzene rings is 1. The van der Waals surface area contributed by atoms with Gasteiger partial charge >= 0.3 is 5.97 Å². The molecule has 0 radical (unpaired) electrons. The Morgan fingerprint density at radius 2 is 2.00 bits per heavy atom. The number of hydrogen-bond donors (Lipinski definition) is 1. The lowest BCUT2D eigenvalue weighted by Crippen LogP contribution is -2.41. The van der Waals surface area contributed by atoms with Crippen molar-refractivity contribution in [3.63, 3.8) is 0 Å². The maximum absolute atomic E-state index is 12.2. The molecule has 1 amide bonds. The number of amides is 1. The van der Waals surface area contributed by atoms with Crippen molar-refractivity contribution >= 4 is 11.9 Å². The summed E-state index contributed by atoms with van der Waals surface area (Å²) in [7, 11) is 1.29. The van der Waals surface area contributed by atoms with Gasteiger partial charge in [-0.05, 0) is 30.4 Å². The van der Waals surface area contributed by atoms with Crippen molar-refractivity contribution in [3.05, 3.63) is 47.5 Å². The zero-order chi connectivity index (χ0) is 16.3. The van der Waals surface area contributed by atoms with Crippen LogP contribution in [0.15, 0.2) is 36.4 Å². The van der Waals surface area contributed by atoms with E-state index in [0.29, 0.717) is 0 Å². The Morgan fingerprint density at radius 3 is 2.74 bits per heavy atom. The molecule has 3 rings (SSSR count). The van der Waals surface area contributed by atoms with Gasteiger partial charge in [-0.3, -0.25) is 4.79 Å². The van der Waals surface area contributed by atoms with E-state index in [9.17, 15) is 9.59 Å². The quantitative estimate of drug-likeness (QED) is 0.684. The first-order valence-corrected chi connectivity index (χ1v) is 7.87. The lowest BCUT2D eigenvalue weighted by Gasteiger charge is -2.39. The smallest absolute Gasteiger partial charge is 0.330 e. The van der Waals surface area contributed by atoms with Crippen molar-refractivity contribution in [3.8, 4) is 0 Å². The minimum atomic E-state index is -0.534. The molecule has 5 nitrogen and oxygen atoms in total. The molecule has 1 aliphatic heterocycles. The molecule has 2 aliphatic rings. The molecule has 0 aromatic heterocycles. The number of carbonyl (C=O) groups is 2. The van der Waals surface area contributed by atoms with Gasteiger partial charge in [0, 0.05) is 30.8 Å². The molecule has 5 heteroatoms. The summed E-state index contributed by atoms with van der Waals surface area (Å²) in [5, 5.41) is 3.09. The summed E-state index contributed by atoms with van der Waals surface area (Å²) in [6.07, 6.45) is 5.19. The lowest BCUT2D eigenvalue weighted by atomic mass is 9.74. The Hall–Kier alpha value is -2.14. The zero-order valence-corrected chi connectivity index (χ0v) is 13.2. The molecule has 0 bridgehead atoms. The third-order valence-corrected chi connectivity index (χ3v) is 4.87. The van der Waals surface area contributed by atoms with E-state index >= 15 is 0 Å². The van der Waals surface area contributed by atoms with Gasteiger partial charge in [0.25, 0.3) is 0 Å². The molecule has 1 aromatic carbocycles. The molecule has 122 valence electrons. The fourth-order valence-corrected chi connectivity index (χ4v) is 3.66. The van der Waals surface area contributed by atoms with E-state index in [0.717, 1.165) is 38.6 Å². The van der Waals surface area contributed by atoms with Gasteiger partial charge in [0.2, 0.25) is 5.91 Å². The monoisotopic (exact) mass is 315 g/mol. The first kappa shape index (κ1) is 15.7. The zero-order valence-electron chi connectivity index (χ0n) is 13.2. The van der Waals surface area contributed by atoms with Crippen molar-refractivity contribution in [1.82, 2.24) is 5.32 Å². The topological polar surface area (TPSA) is 64.6 Å². The molecule has 0 saturated carbocycles. The van der Waals surface area contributed by atoms with Gasteiger partial charge in [-0.1, -0.05) is 24.3 Å². The summed E-state index contributed by atoms with van der Waals surface area (Å²) in [6, 6.07) is 8.20. The second-order valence-electron chi connectivity index (χ2n) is 6.15. The largest absolute Gasteiger partial charge is 0.466 e. The van der Waals surface area contributed by atoms with Crippen LogP contribution in [0.2, 0.25) is 0 Å². The highest BCUT2D eigenvalue weighted by atomic mass is 16.5. The third kappa shape index (κ3) is 3.15. The Balaban J connectivity index is 1.82. The van der Waals surface area contributed by atoms with Crippen molar-refractivity contribution in [2.24, 2.45) is 5.41 Å². The molecule has 1 aliphatic carbocycles. The molecular formula is C18H21NO4. The number of rotatable bonds is 3. The number of ether oxygens (including phenoxy) is 2. The summed E-state index contributed by atoms with van der Waals surface area (Å²) in [5.41, 5.74) is 2.47. The molecule has 1 aromatic rings. The van der Waals surface area contributed by atoms with Gasteiger partial charge in [-0.2, -0.15) is 0 Å². The Morgan fingerprint density at radius 1 is 1.26 bits per heavy atom. The van der Waals surface area contributed by atoms with Crippen LogP contribution < -0.4 is 5.32 Å². The second kappa shape index (κ2) is 6.54. The van der Waals surface area contributed by atoms with E-state index in [2.05, 4.69) is 22.2 Å². The van der Waals surface area contributed by atoms with Crippen molar-refractivity contribution in [1.29, 1.82) is 0 Å². The summed E-state index contributed by atoms with van der Waals surface area (Å²) in [6.45, 7) is 1.44. The van der Waals surface area contributed by atoms with Crippen LogP contribution in [0.25, 0.3) is 0 Å². The summed E-state index contributed by atoms with van der Waals surface area (Å²) in [4.78, 5) is 23.4. The van der Waals surface area contributed by atoms with Gasteiger partial charge in [0.15, 0.2) is 0 Å². The van der Waals surface area contributed by atoms with Crippen molar-refractivity contribution < 1.29 is 19.1 Å². The summed E-state index contributed by atoms with van der Waals surface area (Å²) < 4.78 is 10.0. The molecule has 1 N–H and O–H groups in total. The van der Waals surface area contributed by atoms with Gasteiger partial charge in [-0.25, -0.2) is 4.79 Å². The number of esters is 1. The Labute approximate surface area is 135 Å². The van der Waals surface area contributed by atoms with Gasteiger partial charge in [-0.15, -0.1) is 0 Å².